The predicted molar refractivity (Wildman–Crippen MR) is 62.1 cm³/mol. The van der Waals surface area contributed by atoms with E-state index in [1.807, 2.05) is 0 Å². The normalized spacial score (nSPS) is 42.4. The van der Waals surface area contributed by atoms with Gasteiger partial charge in [-0.25, -0.2) is 0 Å². The molecule has 0 amide bonds. The summed E-state index contributed by atoms with van der Waals surface area (Å²) in [5.41, 5.74) is 0. The molecule has 2 fully saturated rings. The lowest BCUT2D eigenvalue weighted by atomic mass is 9.66. The van der Waals surface area contributed by atoms with Crippen molar-refractivity contribution in [3.8, 4) is 0 Å². The Morgan fingerprint density at radius 2 is 1.29 bits per heavy atom. The van der Waals surface area contributed by atoms with E-state index in [9.17, 15) is 0 Å². The zero-order valence-corrected chi connectivity index (χ0v) is 10.3. The van der Waals surface area contributed by atoms with E-state index in [4.69, 9.17) is 0 Å². The first-order valence-electron chi connectivity index (χ1n) is 6.59. The van der Waals surface area contributed by atoms with Crippen molar-refractivity contribution in [2.24, 2.45) is 35.5 Å². The second kappa shape index (κ2) is 3.87. The lowest BCUT2D eigenvalue weighted by Crippen LogP contribution is -2.31. The molecule has 2 aliphatic carbocycles. The van der Waals surface area contributed by atoms with Gasteiger partial charge in [-0.15, -0.1) is 0 Å². The third-order valence-electron chi connectivity index (χ3n) is 4.92. The summed E-state index contributed by atoms with van der Waals surface area (Å²) in [7, 11) is 0. The Hall–Kier alpha value is 0. The molecule has 2 aliphatic rings. The number of fused-ring (bicyclic) bond motifs is 2. The van der Waals surface area contributed by atoms with Gasteiger partial charge in [-0.1, -0.05) is 27.7 Å². The highest BCUT2D eigenvalue weighted by Crippen LogP contribution is 2.53. The van der Waals surface area contributed by atoms with Crippen molar-refractivity contribution in [1.29, 1.82) is 0 Å². The molecular formula is C14H26. The van der Waals surface area contributed by atoms with Crippen molar-refractivity contribution >= 4 is 0 Å². The SMILES string of the molecule is CC(C)C1C[C@H]2CC[C@@H](C1)C2C(C)C. The van der Waals surface area contributed by atoms with Gasteiger partial charge in [0.25, 0.3) is 0 Å². The average Bonchev–Trinajstić information content (AvgIpc) is 2.37. The van der Waals surface area contributed by atoms with E-state index in [0.29, 0.717) is 0 Å². The van der Waals surface area contributed by atoms with Gasteiger partial charge >= 0.3 is 0 Å². The molecule has 14 heavy (non-hydrogen) atoms. The van der Waals surface area contributed by atoms with E-state index in [1.54, 1.807) is 0 Å². The number of hydrogen-bond donors (Lipinski definition) is 0. The molecule has 0 aliphatic heterocycles. The van der Waals surface area contributed by atoms with Gasteiger partial charge in [0.05, 0.1) is 0 Å². The van der Waals surface area contributed by atoms with Crippen LogP contribution in [0.15, 0.2) is 0 Å². The van der Waals surface area contributed by atoms with Crippen LogP contribution >= 0.6 is 0 Å². The Bertz CT molecular complexity index is 178. The Balaban J connectivity index is 2.05. The van der Waals surface area contributed by atoms with Gasteiger partial charge in [-0.2, -0.15) is 0 Å². The van der Waals surface area contributed by atoms with Gasteiger partial charge in [-0.05, 0) is 61.2 Å². The highest BCUT2D eigenvalue weighted by Gasteiger charge is 2.44. The van der Waals surface area contributed by atoms with Crippen molar-refractivity contribution in [3.63, 3.8) is 0 Å². The second-order valence-electron chi connectivity index (χ2n) is 6.39. The van der Waals surface area contributed by atoms with Crippen LogP contribution in [-0.4, -0.2) is 0 Å². The first-order valence-corrected chi connectivity index (χ1v) is 6.59. The van der Waals surface area contributed by atoms with Crippen LogP contribution in [0.3, 0.4) is 0 Å². The van der Waals surface area contributed by atoms with Crippen molar-refractivity contribution < 1.29 is 0 Å². The summed E-state index contributed by atoms with van der Waals surface area (Å²) in [6, 6.07) is 0. The number of hydrogen-bond acceptors (Lipinski definition) is 0. The lowest BCUT2D eigenvalue weighted by Gasteiger charge is -2.39. The maximum atomic E-state index is 2.44. The molecular weight excluding hydrogens is 168 g/mol. The topological polar surface area (TPSA) is 0 Å². The van der Waals surface area contributed by atoms with Crippen LogP contribution in [0, 0.1) is 35.5 Å². The smallest absolute Gasteiger partial charge is 0.0334 e. The minimum absolute atomic E-state index is 0.922. The average molecular weight is 194 g/mol. The predicted octanol–water partition coefficient (Wildman–Crippen LogP) is 4.35. The van der Waals surface area contributed by atoms with Crippen LogP contribution in [0.1, 0.15) is 53.4 Å². The Morgan fingerprint density at radius 1 is 0.786 bits per heavy atom. The van der Waals surface area contributed by atoms with E-state index in [0.717, 1.165) is 35.5 Å². The van der Waals surface area contributed by atoms with Crippen molar-refractivity contribution in [1.82, 2.24) is 0 Å². The molecule has 2 saturated carbocycles. The molecule has 0 heteroatoms. The fraction of sp³-hybridized carbons (Fsp3) is 1.00. The standard InChI is InChI=1S/C14H26/c1-9(2)13-7-11-5-6-12(8-13)14(11)10(3)4/h9-14H,5-8H2,1-4H3/t11-,12+,13?,14?. The molecule has 0 radical (unpaired) electrons. The van der Waals surface area contributed by atoms with E-state index >= 15 is 0 Å². The van der Waals surface area contributed by atoms with E-state index in [2.05, 4.69) is 27.7 Å². The third-order valence-corrected chi connectivity index (χ3v) is 4.92. The first kappa shape index (κ1) is 10.5. The maximum Gasteiger partial charge on any atom is -0.0334 e. The van der Waals surface area contributed by atoms with Gasteiger partial charge in [0.2, 0.25) is 0 Å². The van der Waals surface area contributed by atoms with Gasteiger partial charge < -0.3 is 0 Å². The van der Waals surface area contributed by atoms with Crippen LogP contribution in [0.25, 0.3) is 0 Å². The summed E-state index contributed by atoms with van der Waals surface area (Å²) in [6.07, 6.45) is 6.15. The van der Waals surface area contributed by atoms with Gasteiger partial charge in [-0.3, -0.25) is 0 Å². The molecule has 2 bridgehead atoms. The molecule has 0 aromatic rings. The molecule has 0 N–H and O–H groups in total. The summed E-state index contributed by atoms with van der Waals surface area (Å²) in [6.45, 7) is 9.71. The molecule has 0 heterocycles. The highest BCUT2D eigenvalue weighted by atomic mass is 14.5. The van der Waals surface area contributed by atoms with E-state index < -0.39 is 0 Å². The molecule has 0 saturated heterocycles. The quantitative estimate of drug-likeness (QED) is 0.613. The fourth-order valence-corrected chi connectivity index (χ4v) is 4.25. The second-order valence-corrected chi connectivity index (χ2v) is 6.39. The molecule has 0 aromatic heterocycles. The molecule has 2 rings (SSSR count). The Morgan fingerprint density at radius 3 is 1.64 bits per heavy atom. The van der Waals surface area contributed by atoms with Crippen molar-refractivity contribution in [2.75, 3.05) is 0 Å². The van der Waals surface area contributed by atoms with Gasteiger partial charge in [0.1, 0.15) is 0 Å². The lowest BCUT2D eigenvalue weighted by molar-refractivity contribution is 0.103. The van der Waals surface area contributed by atoms with Gasteiger partial charge in [0, 0.05) is 0 Å². The fourth-order valence-electron chi connectivity index (χ4n) is 4.25. The minimum atomic E-state index is 0.922. The summed E-state index contributed by atoms with van der Waals surface area (Å²) < 4.78 is 0. The monoisotopic (exact) mass is 194 g/mol. The molecule has 2 unspecified atom stereocenters. The van der Waals surface area contributed by atoms with Crippen LogP contribution in [-0.2, 0) is 0 Å². The first-order chi connectivity index (χ1) is 6.59. The van der Waals surface area contributed by atoms with Crippen molar-refractivity contribution in [3.05, 3.63) is 0 Å². The van der Waals surface area contributed by atoms with Gasteiger partial charge in [0.15, 0.2) is 0 Å². The summed E-state index contributed by atoms with van der Waals surface area (Å²) >= 11 is 0. The highest BCUT2D eigenvalue weighted by molar-refractivity contribution is 4.93. The van der Waals surface area contributed by atoms with Crippen LogP contribution in [0.5, 0.6) is 0 Å². The van der Waals surface area contributed by atoms with E-state index in [1.165, 1.54) is 25.7 Å². The van der Waals surface area contributed by atoms with Crippen molar-refractivity contribution in [2.45, 2.75) is 53.4 Å². The molecule has 82 valence electrons. The Labute approximate surface area is 89.5 Å². The molecule has 4 atom stereocenters. The summed E-state index contributed by atoms with van der Waals surface area (Å²) in [4.78, 5) is 0. The molecule has 0 nitrogen and oxygen atoms in total. The summed E-state index contributed by atoms with van der Waals surface area (Å²) in [5.74, 6) is 6.14. The molecule has 0 aromatic carbocycles. The van der Waals surface area contributed by atoms with Crippen LogP contribution < -0.4 is 0 Å². The largest absolute Gasteiger partial charge is 0.0625 e. The number of rotatable bonds is 2. The molecule has 0 spiro atoms. The van der Waals surface area contributed by atoms with Crippen LogP contribution in [0.4, 0.5) is 0 Å². The zero-order valence-electron chi connectivity index (χ0n) is 10.3. The zero-order chi connectivity index (χ0) is 10.3. The summed E-state index contributed by atoms with van der Waals surface area (Å²) in [5, 5.41) is 0. The van der Waals surface area contributed by atoms with E-state index in [-0.39, 0.29) is 0 Å². The third kappa shape index (κ3) is 1.73. The van der Waals surface area contributed by atoms with Crippen LogP contribution in [0.2, 0.25) is 0 Å². The maximum absolute atomic E-state index is 2.44. The Kier molecular flexibility index (Phi) is 2.91. The minimum Gasteiger partial charge on any atom is -0.0625 e.